The second-order valence-electron chi connectivity index (χ2n) is 2.50. The Kier molecular flexibility index (Phi) is 5.12. The maximum absolute atomic E-state index is 8.98. The van der Waals surface area contributed by atoms with Crippen molar-refractivity contribution >= 4 is 25.0 Å². The number of ether oxygens (including phenoxy) is 1. The molecule has 0 atom stereocenters. The standard InChI is InChI=1S/C10H9NO2S2/c1-2-6-12-9-4-3-5-10(15-13-14)8(9)7-11/h2-5,14H,1,6H2. The Morgan fingerprint density at radius 1 is 1.60 bits per heavy atom. The molecule has 0 heterocycles. The highest BCUT2D eigenvalue weighted by Crippen LogP contribution is 2.30. The van der Waals surface area contributed by atoms with Gasteiger partial charge in [-0.2, -0.15) is 5.26 Å². The van der Waals surface area contributed by atoms with Crippen molar-refractivity contribution in [3.8, 4) is 11.8 Å². The first-order chi connectivity index (χ1) is 7.33. The van der Waals surface area contributed by atoms with E-state index < -0.39 is 0 Å². The zero-order chi connectivity index (χ0) is 11.1. The lowest BCUT2D eigenvalue weighted by Crippen LogP contribution is -1.96. The number of hydrogen-bond acceptors (Lipinski definition) is 5. The molecule has 3 nitrogen and oxygen atoms in total. The third kappa shape index (κ3) is 3.20. The van der Waals surface area contributed by atoms with Crippen molar-refractivity contribution in [2.75, 3.05) is 6.61 Å². The smallest absolute Gasteiger partial charge is 0.138 e. The van der Waals surface area contributed by atoms with Gasteiger partial charge in [-0.25, -0.2) is 3.63 Å². The van der Waals surface area contributed by atoms with Gasteiger partial charge in [0, 0.05) is 12.0 Å². The van der Waals surface area contributed by atoms with E-state index in [0.29, 0.717) is 22.8 Å². The Hall–Kier alpha value is -1.09. The maximum atomic E-state index is 8.98. The first-order valence-electron chi connectivity index (χ1n) is 4.08. The van der Waals surface area contributed by atoms with Crippen molar-refractivity contribution in [1.29, 1.82) is 5.26 Å². The van der Waals surface area contributed by atoms with Crippen molar-refractivity contribution in [3.05, 3.63) is 36.4 Å². The minimum atomic E-state index is 0.366. The summed E-state index contributed by atoms with van der Waals surface area (Å²) in [7, 11) is 0. The largest absolute Gasteiger partial charge is 0.488 e. The zero-order valence-corrected chi connectivity index (χ0v) is 9.55. The van der Waals surface area contributed by atoms with E-state index in [1.54, 1.807) is 24.3 Å². The van der Waals surface area contributed by atoms with Gasteiger partial charge in [-0.1, -0.05) is 18.7 Å². The predicted molar refractivity (Wildman–Crippen MR) is 62.8 cm³/mol. The summed E-state index contributed by atoms with van der Waals surface area (Å²) in [6.07, 6.45) is 1.62. The van der Waals surface area contributed by atoms with Crippen LogP contribution in [0, 0.1) is 11.3 Å². The lowest BCUT2D eigenvalue weighted by molar-refractivity contribution is 0.361. The highest BCUT2D eigenvalue weighted by Gasteiger charge is 2.09. The second-order valence-corrected chi connectivity index (χ2v) is 3.70. The van der Waals surface area contributed by atoms with Gasteiger partial charge in [-0.3, -0.25) is 0 Å². The molecule has 78 valence electrons. The summed E-state index contributed by atoms with van der Waals surface area (Å²) in [5.41, 5.74) is 0.443. The normalized spacial score (nSPS) is 9.33. The molecule has 0 spiro atoms. The van der Waals surface area contributed by atoms with Crippen molar-refractivity contribution in [2.45, 2.75) is 4.90 Å². The van der Waals surface area contributed by atoms with E-state index in [9.17, 15) is 0 Å². The van der Waals surface area contributed by atoms with E-state index in [1.807, 2.05) is 0 Å². The van der Waals surface area contributed by atoms with E-state index >= 15 is 0 Å². The van der Waals surface area contributed by atoms with E-state index in [1.165, 1.54) is 0 Å². The van der Waals surface area contributed by atoms with Crippen molar-refractivity contribution in [1.82, 2.24) is 0 Å². The molecule has 0 aliphatic rings. The Bertz CT molecular complexity index is 387. The van der Waals surface area contributed by atoms with Crippen LogP contribution in [0.5, 0.6) is 5.75 Å². The SMILES string of the molecule is C=CCOc1cccc(SOS)c1C#N. The molecule has 0 saturated carbocycles. The van der Waals surface area contributed by atoms with Gasteiger partial charge in [-0.15, -0.1) is 0 Å². The summed E-state index contributed by atoms with van der Waals surface area (Å²) in [6.45, 7) is 3.91. The molecule has 0 aliphatic heterocycles. The average molecular weight is 239 g/mol. The lowest BCUT2D eigenvalue weighted by atomic mass is 10.2. The second kappa shape index (κ2) is 6.40. The summed E-state index contributed by atoms with van der Waals surface area (Å²) in [5.74, 6) is 0.521. The number of thiol groups is 1. The van der Waals surface area contributed by atoms with E-state index in [4.69, 9.17) is 10.00 Å². The van der Waals surface area contributed by atoms with Gasteiger partial charge in [0.15, 0.2) is 0 Å². The molecule has 0 radical (unpaired) electrons. The molecule has 0 aliphatic carbocycles. The third-order valence-electron chi connectivity index (χ3n) is 1.58. The predicted octanol–water partition coefficient (Wildman–Crippen LogP) is 2.99. The molecule has 0 aromatic heterocycles. The van der Waals surface area contributed by atoms with Crippen LogP contribution in [0.1, 0.15) is 5.56 Å². The monoisotopic (exact) mass is 239 g/mol. The molecule has 0 amide bonds. The Labute approximate surface area is 98.5 Å². The van der Waals surface area contributed by atoms with Gasteiger partial charge in [0.2, 0.25) is 0 Å². The Morgan fingerprint density at radius 2 is 2.40 bits per heavy atom. The van der Waals surface area contributed by atoms with Gasteiger partial charge in [-0.05, 0) is 25.0 Å². The Balaban J connectivity index is 3.00. The minimum Gasteiger partial charge on any atom is -0.488 e. The minimum absolute atomic E-state index is 0.366. The first kappa shape index (κ1) is 12.0. The van der Waals surface area contributed by atoms with E-state index in [-0.39, 0.29) is 0 Å². The molecular weight excluding hydrogens is 230 g/mol. The summed E-state index contributed by atoms with van der Waals surface area (Å²) in [6, 6.07) is 7.34. The molecule has 0 unspecified atom stereocenters. The van der Waals surface area contributed by atoms with Crippen molar-refractivity contribution < 1.29 is 8.37 Å². The number of benzene rings is 1. The van der Waals surface area contributed by atoms with E-state index in [0.717, 1.165) is 12.0 Å². The van der Waals surface area contributed by atoms with Crippen LogP contribution in [0.2, 0.25) is 0 Å². The molecule has 0 fully saturated rings. The zero-order valence-electron chi connectivity index (χ0n) is 7.84. The molecule has 1 rings (SSSR count). The average Bonchev–Trinajstić information content (AvgIpc) is 2.27. The lowest BCUT2D eigenvalue weighted by Gasteiger charge is -2.07. The molecule has 5 heteroatoms. The summed E-state index contributed by atoms with van der Waals surface area (Å²) in [5, 5.41) is 8.98. The van der Waals surface area contributed by atoms with Gasteiger partial charge in [0.1, 0.15) is 24.0 Å². The maximum Gasteiger partial charge on any atom is 0.138 e. The number of nitriles is 1. The quantitative estimate of drug-likeness (QED) is 0.487. The van der Waals surface area contributed by atoms with Crippen LogP contribution in [0.15, 0.2) is 35.7 Å². The number of rotatable bonds is 5. The van der Waals surface area contributed by atoms with Crippen LogP contribution in [-0.4, -0.2) is 6.61 Å². The summed E-state index contributed by atoms with van der Waals surface area (Å²) < 4.78 is 9.94. The molecule has 15 heavy (non-hydrogen) atoms. The first-order valence-corrected chi connectivity index (χ1v) is 5.19. The molecule has 0 N–H and O–H groups in total. The number of nitrogens with zero attached hydrogens (tertiary/aromatic N) is 1. The topological polar surface area (TPSA) is 42.2 Å². The third-order valence-corrected chi connectivity index (χ3v) is 2.40. The summed E-state index contributed by atoms with van der Waals surface area (Å²) in [4.78, 5) is 0.675. The van der Waals surface area contributed by atoms with Crippen molar-refractivity contribution in [2.24, 2.45) is 0 Å². The van der Waals surface area contributed by atoms with Crippen LogP contribution >= 0.6 is 25.0 Å². The van der Waals surface area contributed by atoms with Crippen LogP contribution in [0.3, 0.4) is 0 Å². The summed E-state index contributed by atoms with van der Waals surface area (Å²) >= 11 is 4.63. The number of hydrogen-bond donors (Lipinski definition) is 1. The van der Waals surface area contributed by atoms with Crippen LogP contribution in [0.25, 0.3) is 0 Å². The van der Waals surface area contributed by atoms with Crippen LogP contribution in [0.4, 0.5) is 0 Å². The molecule has 1 aromatic rings. The molecule has 0 bridgehead atoms. The molecule has 0 saturated heterocycles. The van der Waals surface area contributed by atoms with E-state index in [2.05, 4.69) is 29.2 Å². The highest BCUT2D eigenvalue weighted by molar-refractivity contribution is 8.01. The Morgan fingerprint density at radius 3 is 3.00 bits per heavy atom. The fraction of sp³-hybridized carbons (Fsp3) is 0.100. The van der Waals surface area contributed by atoms with Gasteiger partial charge < -0.3 is 4.74 Å². The molecule has 1 aromatic carbocycles. The fourth-order valence-corrected chi connectivity index (χ4v) is 1.68. The van der Waals surface area contributed by atoms with Gasteiger partial charge in [0.25, 0.3) is 0 Å². The van der Waals surface area contributed by atoms with Gasteiger partial charge >= 0.3 is 0 Å². The van der Waals surface area contributed by atoms with Gasteiger partial charge in [0.05, 0.1) is 4.90 Å². The van der Waals surface area contributed by atoms with Crippen LogP contribution in [-0.2, 0) is 3.63 Å². The highest BCUT2D eigenvalue weighted by atomic mass is 32.2. The fourth-order valence-electron chi connectivity index (χ4n) is 1.000. The molecular formula is C10H9NO2S2. The van der Waals surface area contributed by atoms with Crippen molar-refractivity contribution in [3.63, 3.8) is 0 Å². The van der Waals surface area contributed by atoms with Crippen LogP contribution < -0.4 is 4.74 Å².